The topological polar surface area (TPSA) is 75.1 Å². The average molecular weight is 351 g/mol. The summed E-state index contributed by atoms with van der Waals surface area (Å²) in [7, 11) is 0. The monoisotopic (exact) mass is 350 g/mol. The van der Waals surface area contributed by atoms with Crippen LogP contribution in [0.15, 0.2) is 38.3 Å². The van der Waals surface area contributed by atoms with E-state index in [1.807, 2.05) is 13.8 Å². The van der Waals surface area contributed by atoms with E-state index in [1.165, 1.54) is 4.57 Å². The van der Waals surface area contributed by atoms with Gasteiger partial charge >= 0.3 is 5.69 Å². The van der Waals surface area contributed by atoms with Crippen molar-refractivity contribution in [3.8, 4) is 17.0 Å². The molecule has 1 unspecified atom stereocenters. The van der Waals surface area contributed by atoms with Gasteiger partial charge in [0.1, 0.15) is 5.56 Å². The van der Waals surface area contributed by atoms with Crippen molar-refractivity contribution in [3.63, 3.8) is 0 Å². The smallest absolute Gasteiger partial charge is 0.331 e. The summed E-state index contributed by atoms with van der Waals surface area (Å²) < 4.78 is 2.16. The van der Waals surface area contributed by atoms with Crippen LogP contribution < -0.4 is 11.2 Å². The maximum atomic E-state index is 12.1. The molecule has 3 rings (SSSR count). The van der Waals surface area contributed by atoms with Crippen molar-refractivity contribution in [1.82, 2.24) is 9.55 Å². The summed E-state index contributed by atoms with van der Waals surface area (Å²) in [6.07, 6.45) is 0.798. The van der Waals surface area contributed by atoms with Crippen molar-refractivity contribution in [1.29, 1.82) is 0 Å². The summed E-state index contributed by atoms with van der Waals surface area (Å²) >= 11 is 3.33. The van der Waals surface area contributed by atoms with Gasteiger partial charge in [0.25, 0.3) is 5.56 Å². The lowest BCUT2D eigenvalue weighted by atomic mass is 10.1. The highest BCUT2D eigenvalue weighted by atomic mass is 79.9. The van der Waals surface area contributed by atoms with Crippen molar-refractivity contribution >= 4 is 15.9 Å². The Hall–Kier alpha value is -1.82. The number of H-pyrrole nitrogens is 1. The minimum Gasteiger partial charge on any atom is -0.494 e. The van der Waals surface area contributed by atoms with Crippen molar-refractivity contribution in [3.05, 3.63) is 49.6 Å². The molecule has 1 saturated carbocycles. The Morgan fingerprint density at radius 3 is 2.38 bits per heavy atom. The first-order valence-electron chi connectivity index (χ1n) is 6.65. The molecule has 0 amide bonds. The van der Waals surface area contributed by atoms with E-state index in [0.29, 0.717) is 5.56 Å². The van der Waals surface area contributed by atoms with Crippen LogP contribution in [0.4, 0.5) is 0 Å². The number of hydrogen-bond donors (Lipinski definition) is 2. The largest absolute Gasteiger partial charge is 0.494 e. The second kappa shape index (κ2) is 4.59. The molecular formula is C15H15BrN2O3. The molecule has 1 atom stereocenters. The molecule has 110 valence electrons. The van der Waals surface area contributed by atoms with Gasteiger partial charge in [0.2, 0.25) is 5.88 Å². The SMILES string of the molecule is CC1(C)CC1n1c(O)c(-c2ccc(Br)cc2)c(=O)[nH]c1=O. The first-order valence-corrected chi connectivity index (χ1v) is 7.44. The molecule has 0 aliphatic heterocycles. The van der Waals surface area contributed by atoms with Crippen LogP contribution in [0, 0.1) is 5.41 Å². The summed E-state index contributed by atoms with van der Waals surface area (Å²) in [5.74, 6) is -0.262. The highest BCUT2D eigenvalue weighted by Crippen LogP contribution is 2.56. The summed E-state index contributed by atoms with van der Waals surface area (Å²) in [5.41, 5.74) is -0.478. The molecule has 5 nitrogen and oxygen atoms in total. The molecular weight excluding hydrogens is 336 g/mol. The van der Waals surface area contributed by atoms with E-state index in [9.17, 15) is 14.7 Å². The maximum absolute atomic E-state index is 12.1. The van der Waals surface area contributed by atoms with Gasteiger partial charge in [0.15, 0.2) is 0 Å². The maximum Gasteiger partial charge on any atom is 0.331 e. The molecule has 1 heterocycles. The zero-order chi connectivity index (χ0) is 15.4. The Labute approximate surface area is 129 Å². The van der Waals surface area contributed by atoms with Crippen LogP contribution in [-0.2, 0) is 0 Å². The van der Waals surface area contributed by atoms with E-state index in [4.69, 9.17) is 0 Å². The molecule has 0 saturated heterocycles. The third kappa shape index (κ3) is 2.33. The van der Waals surface area contributed by atoms with E-state index < -0.39 is 11.2 Å². The number of halogens is 1. The normalized spacial score (nSPS) is 19.5. The molecule has 1 aliphatic carbocycles. The van der Waals surface area contributed by atoms with Gasteiger partial charge in [0.05, 0.1) is 0 Å². The summed E-state index contributed by atoms with van der Waals surface area (Å²) in [6, 6.07) is 6.92. The highest BCUT2D eigenvalue weighted by Gasteiger charge is 2.49. The van der Waals surface area contributed by atoms with E-state index in [1.54, 1.807) is 24.3 Å². The summed E-state index contributed by atoms with van der Waals surface area (Å²) in [5, 5.41) is 10.4. The molecule has 1 aromatic heterocycles. The Kier molecular flexibility index (Phi) is 3.09. The minimum absolute atomic E-state index is 0.0451. The zero-order valence-corrected chi connectivity index (χ0v) is 13.3. The summed E-state index contributed by atoms with van der Waals surface area (Å²) in [6.45, 7) is 4.04. The van der Waals surface area contributed by atoms with E-state index in [2.05, 4.69) is 20.9 Å². The van der Waals surface area contributed by atoms with Crippen LogP contribution >= 0.6 is 15.9 Å². The number of nitrogens with zero attached hydrogens (tertiary/aromatic N) is 1. The van der Waals surface area contributed by atoms with Crippen molar-refractivity contribution in [2.24, 2.45) is 5.41 Å². The Morgan fingerprint density at radius 1 is 1.29 bits per heavy atom. The molecule has 1 aromatic carbocycles. The number of aromatic hydroxyl groups is 1. The van der Waals surface area contributed by atoms with Crippen LogP contribution in [0.25, 0.3) is 11.1 Å². The lowest BCUT2D eigenvalue weighted by Crippen LogP contribution is -2.31. The van der Waals surface area contributed by atoms with Crippen LogP contribution in [0.2, 0.25) is 0 Å². The Bertz CT molecular complexity index is 818. The van der Waals surface area contributed by atoms with Crippen LogP contribution in [0.3, 0.4) is 0 Å². The first-order chi connectivity index (χ1) is 9.81. The van der Waals surface area contributed by atoms with Crippen molar-refractivity contribution in [2.75, 3.05) is 0 Å². The third-order valence-corrected chi connectivity index (χ3v) is 4.55. The van der Waals surface area contributed by atoms with Gasteiger partial charge in [-0.05, 0) is 29.5 Å². The fourth-order valence-electron chi connectivity index (χ4n) is 2.58. The molecule has 1 fully saturated rings. The van der Waals surface area contributed by atoms with Gasteiger partial charge in [-0.15, -0.1) is 0 Å². The Morgan fingerprint density at radius 2 is 1.86 bits per heavy atom. The molecule has 21 heavy (non-hydrogen) atoms. The average Bonchev–Trinajstić information content (AvgIpc) is 2.99. The van der Waals surface area contributed by atoms with Crippen LogP contribution in [-0.4, -0.2) is 14.7 Å². The second-order valence-corrected chi connectivity index (χ2v) is 6.96. The van der Waals surface area contributed by atoms with Crippen molar-refractivity contribution in [2.45, 2.75) is 26.3 Å². The van der Waals surface area contributed by atoms with E-state index >= 15 is 0 Å². The van der Waals surface area contributed by atoms with E-state index in [0.717, 1.165) is 10.9 Å². The second-order valence-electron chi connectivity index (χ2n) is 6.04. The quantitative estimate of drug-likeness (QED) is 0.874. The van der Waals surface area contributed by atoms with Gasteiger partial charge in [-0.1, -0.05) is 41.9 Å². The van der Waals surface area contributed by atoms with Crippen molar-refractivity contribution < 1.29 is 5.11 Å². The molecule has 0 spiro atoms. The molecule has 1 aliphatic rings. The molecule has 0 radical (unpaired) electrons. The fourth-order valence-corrected chi connectivity index (χ4v) is 2.85. The number of rotatable bonds is 2. The number of aromatic nitrogens is 2. The number of hydrogen-bond acceptors (Lipinski definition) is 3. The molecule has 2 N–H and O–H groups in total. The fraction of sp³-hybridized carbons (Fsp3) is 0.333. The van der Waals surface area contributed by atoms with Gasteiger partial charge in [-0.2, -0.15) is 0 Å². The van der Waals surface area contributed by atoms with Gasteiger partial charge < -0.3 is 5.11 Å². The third-order valence-electron chi connectivity index (χ3n) is 4.02. The van der Waals surface area contributed by atoms with Crippen LogP contribution in [0.5, 0.6) is 5.88 Å². The lowest BCUT2D eigenvalue weighted by Gasteiger charge is -2.13. The number of benzene rings is 1. The standard InChI is InChI=1S/C15H15BrN2O3/c1-15(2)7-10(15)18-13(20)11(12(19)17-14(18)21)8-3-5-9(16)6-4-8/h3-6,10,20H,7H2,1-2H3,(H,17,19,21). The number of aromatic amines is 1. The van der Waals surface area contributed by atoms with E-state index in [-0.39, 0.29) is 22.9 Å². The van der Waals surface area contributed by atoms with Gasteiger partial charge in [-0.3, -0.25) is 14.3 Å². The molecule has 2 aromatic rings. The van der Waals surface area contributed by atoms with Crippen LogP contribution in [0.1, 0.15) is 26.3 Å². The lowest BCUT2D eigenvalue weighted by molar-refractivity contribution is 0.386. The van der Waals surface area contributed by atoms with Gasteiger partial charge in [-0.25, -0.2) is 4.79 Å². The van der Waals surface area contributed by atoms with Gasteiger partial charge in [0, 0.05) is 10.5 Å². The zero-order valence-electron chi connectivity index (χ0n) is 11.7. The molecule has 0 bridgehead atoms. The first kappa shape index (κ1) is 14.1. The predicted molar refractivity (Wildman–Crippen MR) is 83.6 cm³/mol. The Balaban J connectivity index is 2.22. The molecule has 6 heteroatoms. The summed E-state index contributed by atoms with van der Waals surface area (Å²) in [4.78, 5) is 26.4. The minimum atomic E-state index is -0.575. The number of nitrogens with one attached hydrogen (secondary N) is 1. The predicted octanol–water partition coefficient (Wildman–Crippen LogP) is 2.64. The highest BCUT2D eigenvalue weighted by molar-refractivity contribution is 9.10.